The van der Waals surface area contributed by atoms with E-state index >= 15 is 0 Å². The summed E-state index contributed by atoms with van der Waals surface area (Å²) in [6.45, 7) is 2.29. The first-order valence-electron chi connectivity index (χ1n) is 6.20. The minimum absolute atomic E-state index is 0.0337. The highest BCUT2D eigenvalue weighted by molar-refractivity contribution is 8.15. The molecule has 1 aliphatic rings. The van der Waals surface area contributed by atoms with E-state index < -0.39 is 9.05 Å². The average molecular weight is 339 g/mol. The molecule has 1 aromatic heterocycles. The molecule has 0 radical (unpaired) electrons. The first-order chi connectivity index (χ1) is 9.36. The van der Waals surface area contributed by atoms with Crippen LogP contribution in [0.3, 0.4) is 0 Å². The fraction of sp³-hybridized carbons (Fsp3) is 0.636. The molecule has 1 fully saturated rings. The number of nitrogens with one attached hydrogen (secondary N) is 1. The Balaban J connectivity index is 1.91. The summed E-state index contributed by atoms with van der Waals surface area (Å²) in [5, 5.41) is 2.84. The number of hydrogen-bond acceptors (Lipinski definition) is 6. The van der Waals surface area contributed by atoms with Gasteiger partial charge in [-0.25, -0.2) is 13.4 Å². The highest BCUT2D eigenvalue weighted by Gasteiger charge is 2.21. The fourth-order valence-corrected chi connectivity index (χ4v) is 4.38. The molecule has 2 rings (SSSR count). The van der Waals surface area contributed by atoms with Crippen molar-refractivity contribution in [3.05, 3.63) is 5.69 Å². The third-order valence-corrected chi connectivity index (χ3v) is 6.19. The predicted molar refractivity (Wildman–Crippen MR) is 76.7 cm³/mol. The zero-order valence-electron chi connectivity index (χ0n) is 10.9. The van der Waals surface area contributed by atoms with Gasteiger partial charge in [-0.1, -0.05) is 11.3 Å². The summed E-state index contributed by atoms with van der Waals surface area (Å²) < 4.78 is 27.9. The quantitative estimate of drug-likeness (QED) is 0.832. The highest BCUT2D eigenvalue weighted by atomic mass is 35.7. The van der Waals surface area contributed by atoms with Crippen molar-refractivity contribution in [3.8, 4) is 0 Å². The molecular weight excluding hydrogens is 324 g/mol. The van der Waals surface area contributed by atoms with Gasteiger partial charge in [0.15, 0.2) is 9.34 Å². The number of amides is 1. The molecule has 0 aromatic carbocycles. The number of carbonyl (C=O) groups is 1. The molecule has 1 aromatic rings. The Hall–Kier alpha value is -0.700. The van der Waals surface area contributed by atoms with Crippen molar-refractivity contribution in [3.63, 3.8) is 0 Å². The normalized spacial score (nSPS) is 19.2. The van der Waals surface area contributed by atoms with Crippen LogP contribution in [0, 0.1) is 6.92 Å². The maximum Gasteiger partial charge on any atom is 0.272 e. The Labute approximate surface area is 125 Å². The number of rotatable bonds is 5. The topological polar surface area (TPSA) is 85.4 Å². The zero-order valence-corrected chi connectivity index (χ0v) is 13.3. The number of thiazole rings is 1. The van der Waals surface area contributed by atoms with Gasteiger partial charge in [-0.2, -0.15) is 0 Å². The first kappa shape index (κ1) is 15.7. The van der Waals surface area contributed by atoms with Gasteiger partial charge in [0.2, 0.25) is 5.91 Å². The van der Waals surface area contributed by atoms with Crippen molar-refractivity contribution in [1.29, 1.82) is 0 Å². The van der Waals surface area contributed by atoms with Crippen molar-refractivity contribution in [2.45, 2.75) is 42.9 Å². The van der Waals surface area contributed by atoms with Crippen molar-refractivity contribution >= 4 is 42.1 Å². The largest absolute Gasteiger partial charge is 0.378 e. The van der Waals surface area contributed by atoms with Gasteiger partial charge in [0, 0.05) is 23.7 Å². The van der Waals surface area contributed by atoms with Gasteiger partial charge in [0.25, 0.3) is 9.05 Å². The Morgan fingerprint density at radius 3 is 2.90 bits per heavy atom. The van der Waals surface area contributed by atoms with Crippen LogP contribution in [0.5, 0.6) is 0 Å². The molecule has 0 bridgehead atoms. The van der Waals surface area contributed by atoms with E-state index in [9.17, 15) is 13.2 Å². The van der Waals surface area contributed by atoms with Gasteiger partial charge in [-0.05, 0) is 26.2 Å². The number of aromatic nitrogens is 1. The number of anilines is 1. The fourth-order valence-electron chi connectivity index (χ4n) is 2.01. The maximum atomic E-state index is 11.8. The molecule has 112 valence electrons. The Morgan fingerprint density at radius 1 is 1.60 bits per heavy atom. The van der Waals surface area contributed by atoms with E-state index in [2.05, 4.69) is 10.3 Å². The molecule has 1 N–H and O–H groups in total. The van der Waals surface area contributed by atoms with Crippen molar-refractivity contribution in [2.24, 2.45) is 0 Å². The van der Waals surface area contributed by atoms with Crippen molar-refractivity contribution in [1.82, 2.24) is 4.98 Å². The lowest BCUT2D eigenvalue weighted by Gasteiger charge is -2.07. The van der Waals surface area contributed by atoms with E-state index in [4.69, 9.17) is 15.4 Å². The summed E-state index contributed by atoms with van der Waals surface area (Å²) in [6, 6.07) is 0. The van der Waals surface area contributed by atoms with E-state index in [1.165, 1.54) is 6.92 Å². The molecule has 6 nitrogen and oxygen atoms in total. The molecule has 1 saturated heterocycles. The van der Waals surface area contributed by atoms with Gasteiger partial charge in [-0.3, -0.25) is 4.79 Å². The number of carbonyl (C=O) groups excluding carboxylic acids is 1. The zero-order chi connectivity index (χ0) is 14.8. The lowest BCUT2D eigenvalue weighted by atomic mass is 10.1. The predicted octanol–water partition coefficient (Wildman–Crippen LogP) is 2.28. The average Bonchev–Trinajstić information content (AvgIpc) is 2.95. The molecule has 9 heteroatoms. The molecule has 20 heavy (non-hydrogen) atoms. The van der Waals surface area contributed by atoms with Gasteiger partial charge in [-0.15, -0.1) is 0 Å². The highest BCUT2D eigenvalue weighted by Crippen LogP contribution is 2.29. The monoisotopic (exact) mass is 338 g/mol. The molecule has 1 amide bonds. The molecule has 1 aliphatic heterocycles. The molecular formula is C11H15ClN2O4S2. The summed E-state index contributed by atoms with van der Waals surface area (Å²) in [4.78, 5) is 15.7. The first-order valence-corrected chi connectivity index (χ1v) is 9.32. The SMILES string of the molecule is Cc1nc(NC(=O)CCC2CCCO2)sc1S(=O)(=O)Cl. The number of ether oxygens (including phenoxy) is 1. The molecule has 0 aliphatic carbocycles. The van der Waals surface area contributed by atoms with E-state index in [1.807, 2.05) is 0 Å². The lowest BCUT2D eigenvalue weighted by molar-refractivity contribution is -0.116. The van der Waals surface area contributed by atoms with Gasteiger partial charge in [0.05, 0.1) is 11.8 Å². The number of nitrogens with zero attached hydrogens (tertiary/aromatic N) is 1. The number of halogens is 1. The van der Waals surface area contributed by atoms with Crippen molar-refractivity contribution in [2.75, 3.05) is 11.9 Å². The molecule has 1 unspecified atom stereocenters. The molecule has 0 spiro atoms. The van der Waals surface area contributed by atoms with Crippen LogP contribution in [0.15, 0.2) is 4.21 Å². The van der Waals surface area contributed by atoms with Gasteiger partial charge >= 0.3 is 0 Å². The van der Waals surface area contributed by atoms with E-state index in [0.717, 1.165) is 30.8 Å². The van der Waals surface area contributed by atoms with Crippen molar-refractivity contribution < 1.29 is 17.9 Å². The van der Waals surface area contributed by atoms with E-state index in [0.29, 0.717) is 18.5 Å². The van der Waals surface area contributed by atoms with Crippen LogP contribution in [0.1, 0.15) is 31.4 Å². The third-order valence-electron chi connectivity index (χ3n) is 2.94. The summed E-state index contributed by atoms with van der Waals surface area (Å²) in [5.41, 5.74) is 0.291. The smallest absolute Gasteiger partial charge is 0.272 e. The number of hydrogen-bond donors (Lipinski definition) is 1. The summed E-state index contributed by atoms with van der Waals surface area (Å²) in [6.07, 6.45) is 3.16. The summed E-state index contributed by atoms with van der Waals surface area (Å²) >= 11 is 0.859. The Kier molecular flexibility index (Phi) is 5.00. The summed E-state index contributed by atoms with van der Waals surface area (Å²) in [7, 11) is 1.46. The van der Waals surface area contributed by atoms with Gasteiger partial charge in [0.1, 0.15) is 0 Å². The second-order valence-corrected chi connectivity index (χ2v) is 8.31. The van der Waals surface area contributed by atoms with Gasteiger partial charge < -0.3 is 10.1 Å². The molecule has 0 saturated carbocycles. The molecule has 1 atom stereocenters. The van der Waals surface area contributed by atoms with E-state index in [-0.39, 0.29) is 21.4 Å². The van der Waals surface area contributed by atoms with Crippen LogP contribution in [0.25, 0.3) is 0 Å². The Morgan fingerprint density at radius 2 is 2.35 bits per heavy atom. The van der Waals surface area contributed by atoms with Crippen LogP contribution in [0.4, 0.5) is 5.13 Å². The van der Waals surface area contributed by atoms with Crippen LogP contribution >= 0.6 is 22.0 Å². The maximum absolute atomic E-state index is 11.8. The van der Waals surface area contributed by atoms with Crippen LogP contribution in [-0.2, 0) is 18.6 Å². The lowest BCUT2D eigenvalue weighted by Crippen LogP contribution is -2.15. The molecule has 2 heterocycles. The van der Waals surface area contributed by atoms with E-state index in [1.54, 1.807) is 0 Å². The standard InChI is InChI=1S/C11H15ClN2O4S2/c1-7-10(20(12,16)17)19-11(13-7)14-9(15)5-4-8-3-2-6-18-8/h8H,2-6H2,1H3,(H,13,14,15). The summed E-state index contributed by atoms with van der Waals surface area (Å²) in [5.74, 6) is -0.201. The second-order valence-electron chi connectivity index (χ2n) is 4.55. The van der Waals surface area contributed by atoms with Crippen LogP contribution in [0.2, 0.25) is 0 Å². The minimum Gasteiger partial charge on any atom is -0.378 e. The minimum atomic E-state index is -3.82. The van der Waals surface area contributed by atoms with Crippen LogP contribution in [-0.4, -0.2) is 32.0 Å². The number of aryl methyl sites for hydroxylation is 1. The van der Waals surface area contributed by atoms with Crippen LogP contribution < -0.4 is 5.32 Å². The Bertz CT molecular complexity index is 594. The third kappa shape index (κ3) is 4.15. The second kappa shape index (κ2) is 6.38.